The van der Waals surface area contributed by atoms with Gasteiger partial charge in [-0.05, 0) is 44.9 Å². The number of hydrogen-bond donors (Lipinski definition) is 1. The molecule has 1 heterocycles. The summed E-state index contributed by atoms with van der Waals surface area (Å²) < 4.78 is 0. The lowest BCUT2D eigenvalue weighted by atomic mass is 9.91. The molecule has 0 amide bonds. The maximum atomic E-state index is 11.4. The highest BCUT2D eigenvalue weighted by atomic mass is 16.4. The van der Waals surface area contributed by atoms with Crippen molar-refractivity contribution in [3.05, 3.63) is 0 Å². The molecule has 1 aliphatic carbocycles. The van der Waals surface area contributed by atoms with Gasteiger partial charge in [0.1, 0.15) is 6.04 Å². The SMILES string of the molecule is CC(C)(C#N)CCN1CC2CCCC2C1C(=O)O. The quantitative estimate of drug-likeness (QED) is 0.830. The highest BCUT2D eigenvalue weighted by Crippen LogP contribution is 2.42. The molecule has 2 rings (SSSR count). The second-order valence-corrected chi connectivity index (χ2v) is 6.38. The van der Waals surface area contributed by atoms with Gasteiger partial charge in [0.05, 0.1) is 11.5 Å². The van der Waals surface area contributed by atoms with E-state index in [0.717, 1.165) is 25.9 Å². The van der Waals surface area contributed by atoms with E-state index in [9.17, 15) is 9.90 Å². The maximum Gasteiger partial charge on any atom is 0.321 e. The van der Waals surface area contributed by atoms with E-state index in [4.69, 9.17) is 5.26 Å². The van der Waals surface area contributed by atoms with E-state index in [1.54, 1.807) is 0 Å². The Labute approximate surface area is 109 Å². The van der Waals surface area contributed by atoms with Crippen LogP contribution in [0.5, 0.6) is 0 Å². The number of nitriles is 1. The van der Waals surface area contributed by atoms with Gasteiger partial charge in [0.25, 0.3) is 0 Å². The molecule has 0 bridgehead atoms. The first kappa shape index (κ1) is 13.4. The van der Waals surface area contributed by atoms with Gasteiger partial charge in [0.2, 0.25) is 0 Å². The topological polar surface area (TPSA) is 64.3 Å². The molecule has 3 atom stereocenters. The largest absolute Gasteiger partial charge is 0.480 e. The number of fused-ring (bicyclic) bond motifs is 1. The van der Waals surface area contributed by atoms with Crippen LogP contribution in [0.15, 0.2) is 0 Å². The van der Waals surface area contributed by atoms with Crippen LogP contribution in [-0.4, -0.2) is 35.1 Å². The first-order valence-corrected chi connectivity index (χ1v) is 6.83. The molecule has 0 radical (unpaired) electrons. The van der Waals surface area contributed by atoms with Gasteiger partial charge in [-0.1, -0.05) is 6.42 Å². The van der Waals surface area contributed by atoms with E-state index in [0.29, 0.717) is 11.8 Å². The molecular weight excluding hydrogens is 228 g/mol. The van der Waals surface area contributed by atoms with Crippen molar-refractivity contribution >= 4 is 5.97 Å². The van der Waals surface area contributed by atoms with Gasteiger partial charge in [-0.15, -0.1) is 0 Å². The third-order valence-corrected chi connectivity index (χ3v) is 4.57. The zero-order valence-corrected chi connectivity index (χ0v) is 11.2. The van der Waals surface area contributed by atoms with Crippen molar-refractivity contribution in [3.8, 4) is 6.07 Å². The van der Waals surface area contributed by atoms with E-state index >= 15 is 0 Å². The summed E-state index contributed by atoms with van der Waals surface area (Å²) in [6.45, 7) is 5.47. The molecule has 0 spiro atoms. The average Bonchev–Trinajstić information content (AvgIpc) is 2.85. The highest BCUT2D eigenvalue weighted by molar-refractivity contribution is 5.74. The smallest absolute Gasteiger partial charge is 0.321 e. The zero-order valence-electron chi connectivity index (χ0n) is 11.2. The fourth-order valence-electron chi connectivity index (χ4n) is 3.44. The van der Waals surface area contributed by atoms with Crippen LogP contribution < -0.4 is 0 Å². The first-order chi connectivity index (χ1) is 8.44. The predicted octanol–water partition coefficient (Wildman–Crippen LogP) is 2.11. The Kier molecular flexibility index (Phi) is 3.63. The van der Waals surface area contributed by atoms with Crippen LogP contribution in [0.3, 0.4) is 0 Å². The fraction of sp³-hybridized carbons (Fsp3) is 0.857. The normalized spacial score (nSPS) is 32.2. The molecule has 1 aliphatic heterocycles. The summed E-state index contributed by atoms with van der Waals surface area (Å²) in [6, 6.07) is 1.97. The molecule has 1 saturated heterocycles. The molecule has 2 aliphatic rings. The van der Waals surface area contributed by atoms with Crippen LogP contribution >= 0.6 is 0 Å². The van der Waals surface area contributed by atoms with E-state index < -0.39 is 5.97 Å². The fourth-order valence-corrected chi connectivity index (χ4v) is 3.44. The zero-order chi connectivity index (χ0) is 13.3. The second-order valence-electron chi connectivity index (χ2n) is 6.38. The van der Waals surface area contributed by atoms with Gasteiger partial charge in [-0.25, -0.2) is 0 Å². The number of carboxylic acid groups (broad SMARTS) is 1. The van der Waals surface area contributed by atoms with Crippen LogP contribution in [-0.2, 0) is 4.79 Å². The summed E-state index contributed by atoms with van der Waals surface area (Å²) in [4.78, 5) is 13.5. The van der Waals surface area contributed by atoms with E-state index in [2.05, 4.69) is 11.0 Å². The Balaban J connectivity index is 2.00. The summed E-state index contributed by atoms with van der Waals surface area (Å²) in [5.41, 5.74) is -0.360. The Hall–Kier alpha value is -1.08. The molecular formula is C14H22N2O2. The number of aliphatic carboxylic acids is 1. The summed E-state index contributed by atoms with van der Waals surface area (Å²) in [7, 11) is 0. The molecule has 0 aromatic rings. The van der Waals surface area contributed by atoms with Crippen molar-refractivity contribution in [2.24, 2.45) is 17.3 Å². The minimum Gasteiger partial charge on any atom is -0.480 e. The van der Waals surface area contributed by atoms with Crippen LogP contribution in [0.2, 0.25) is 0 Å². The van der Waals surface area contributed by atoms with Gasteiger partial charge < -0.3 is 5.11 Å². The molecule has 4 nitrogen and oxygen atoms in total. The monoisotopic (exact) mass is 250 g/mol. The lowest BCUT2D eigenvalue weighted by molar-refractivity contribution is -0.143. The standard InChI is InChI=1S/C14H22N2O2/c1-14(2,9-15)6-7-16-8-10-4-3-5-11(10)12(16)13(17)18/h10-12H,3-8H2,1-2H3,(H,17,18). The Morgan fingerprint density at radius 2 is 2.22 bits per heavy atom. The van der Waals surface area contributed by atoms with Crippen LogP contribution in [0.1, 0.15) is 39.5 Å². The molecule has 0 aromatic carbocycles. The van der Waals surface area contributed by atoms with Crippen LogP contribution in [0, 0.1) is 28.6 Å². The Morgan fingerprint density at radius 1 is 1.50 bits per heavy atom. The predicted molar refractivity (Wildman–Crippen MR) is 67.8 cm³/mol. The first-order valence-electron chi connectivity index (χ1n) is 6.83. The van der Waals surface area contributed by atoms with E-state index in [1.165, 1.54) is 12.8 Å². The molecule has 2 fully saturated rings. The van der Waals surface area contributed by atoms with Gasteiger partial charge in [0, 0.05) is 13.1 Å². The van der Waals surface area contributed by atoms with Crippen molar-refractivity contribution < 1.29 is 9.90 Å². The molecule has 100 valence electrons. The third-order valence-electron chi connectivity index (χ3n) is 4.57. The number of hydrogen-bond acceptors (Lipinski definition) is 3. The molecule has 1 saturated carbocycles. The van der Waals surface area contributed by atoms with Gasteiger partial charge >= 0.3 is 5.97 Å². The maximum absolute atomic E-state index is 11.4. The minimum atomic E-state index is -0.681. The molecule has 1 N–H and O–H groups in total. The number of rotatable bonds is 4. The van der Waals surface area contributed by atoms with Crippen LogP contribution in [0.25, 0.3) is 0 Å². The number of carbonyl (C=O) groups is 1. The van der Waals surface area contributed by atoms with Crippen molar-refractivity contribution in [3.63, 3.8) is 0 Å². The van der Waals surface area contributed by atoms with Gasteiger partial charge in [0.15, 0.2) is 0 Å². The Morgan fingerprint density at radius 3 is 2.83 bits per heavy atom. The van der Waals surface area contributed by atoms with E-state index in [1.807, 2.05) is 13.8 Å². The van der Waals surface area contributed by atoms with Crippen molar-refractivity contribution in [2.45, 2.75) is 45.6 Å². The molecule has 3 unspecified atom stereocenters. The van der Waals surface area contributed by atoms with Crippen molar-refractivity contribution in [2.75, 3.05) is 13.1 Å². The second kappa shape index (κ2) is 4.89. The summed E-state index contributed by atoms with van der Waals surface area (Å²) in [5.74, 6) is 0.225. The van der Waals surface area contributed by atoms with E-state index in [-0.39, 0.29) is 11.5 Å². The third kappa shape index (κ3) is 2.51. The summed E-state index contributed by atoms with van der Waals surface area (Å²) in [5, 5.41) is 18.4. The highest BCUT2D eigenvalue weighted by Gasteiger charge is 2.47. The van der Waals surface area contributed by atoms with Gasteiger partial charge in [-0.3, -0.25) is 9.69 Å². The molecule has 18 heavy (non-hydrogen) atoms. The van der Waals surface area contributed by atoms with Crippen molar-refractivity contribution in [1.29, 1.82) is 5.26 Å². The average molecular weight is 250 g/mol. The lowest BCUT2D eigenvalue weighted by Crippen LogP contribution is -2.41. The molecule has 0 aromatic heterocycles. The van der Waals surface area contributed by atoms with Crippen LogP contribution in [0.4, 0.5) is 0 Å². The Bertz CT molecular complexity index is 372. The molecule has 4 heteroatoms. The van der Waals surface area contributed by atoms with Gasteiger partial charge in [-0.2, -0.15) is 5.26 Å². The number of nitrogens with zero attached hydrogens (tertiary/aromatic N) is 2. The summed E-state index contributed by atoms with van der Waals surface area (Å²) >= 11 is 0. The summed E-state index contributed by atoms with van der Waals surface area (Å²) in [6.07, 6.45) is 4.15. The lowest BCUT2D eigenvalue weighted by Gasteiger charge is -2.26. The number of carboxylic acids is 1. The minimum absolute atomic E-state index is 0.313. The number of likely N-dealkylation sites (tertiary alicyclic amines) is 1. The van der Waals surface area contributed by atoms with Crippen molar-refractivity contribution in [1.82, 2.24) is 4.90 Å².